The van der Waals surface area contributed by atoms with Crippen LogP contribution in [-0.4, -0.2) is 69.0 Å². The van der Waals surface area contributed by atoms with Crippen molar-refractivity contribution in [2.24, 2.45) is 0 Å². The van der Waals surface area contributed by atoms with Gasteiger partial charge in [0.25, 0.3) is 5.56 Å². The molecule has 0 bridgehead atoms. The fourth-order valence-corrected chi connectivity index (χ4v) is 5.48. The first kappa shape index (κ1) is 23.7. The quantitative estimate of drug-likeness (QED) is 0.432. The van der Waals surface area contributed by atoms with Gasteiger partial charge in [-0.15, -0.1) is 5.10 Å². The average Bonchev–Trinajstić information content (AvgIpc) is 3.58. The van der Waals surface area contributed by atoms with Gasteiger partial charge in [-0.1, -0.05) is 24.3 Å². The molecule has 192 valence electrons. The maximum Gasteiger partial charge on any atom is 0.253 e. The minimum Gasteiger partial charge on any atom is -0.376 e. The first-order valence-corrected chi connectivity index (χ1v) is 12.8. The molecule has 1 N–H and O–H groups in total. The number of aryl methyl sites for hydroxylation is 1. The van der Waals surface area contributed by atoms with Crippen LogP contribution < -0.4 is 10.5 Å². The van der Waals surface area contributed by atoms with Crippen molar-refractivity contribution in [1.29, 1.82) is 0 Å². The summed E-state index contributed by atoms with van der Waals surface area (Å²) in [4.78, 5) is 20.8. The number of para-hydroxylation sites is 1. The monoisotopic (exact) mass is 503 g/mol. The van der Waals surface area contributed by atoms with E-state index in [1.807, 2.05) is 42.2 Å². The van der Waals surface area contributed by atoms with Crippen LogP contribution in [0.5, 0.6) is 0 Å². The first-order valence-electron chi connectivity index (χ1n) is 12.8. The van der Waals surface area contributed by atoms with E-state index < -0.39 is 6.04 Å². The molecule has 2 atom stereocenters. The number of pyridine rings is 1. The Kier molecular flexibility index (Phi) is 6.43. The number of halogens is 1. The topological polar surface area (TPSA) is 92.2 Å². The molecule has 0 amide bonds. The van der Waals surface area contributed by atoms with E-state index in [2.05, 4.69) is 25.4 Å². The predicted octanol–water partition coefficient (Wildman–Crippen LogP) is 3.05. The summed E-state index contributed by atoms with van der Waals surface area (Å²) in [6.45, 7) is 5.77. The van der Waals surface area contributed by atoms with E-state index in [0.29, 0.717) is 49.8 Å². The van der Waals surface area contributed by atoms with Gasteiger partial charge in [0, 0.05) is 43.9 Å². The number of anilines is 1. The van der Waals surface area contributed by atoms with Crippen molar-refractivity contribution >= 4 is 16.6 Å². The standard InChI is InChI=1S/C27H30FN7O2/c1-18-8-9-19-16-21(27(36)29-23(19)15-18)25(26-30-31-32-35(26)17-20-5-4-14-37-20)34-12-10-33(11-13-34)24-7-3-2-6-22(24)28/h2-3,6-9,15-16,20,25H,4-5,10-14,17H2,1H3,(H,29,36). The summed E-state index contributed by atoms with van der Waals surface area (Å²) in [5.41, 5.74) is 2.92. The Morgan fingerprint density at radius 2 is 1.97 bits per heavy atom. The third-order valence-electron chi connectivity index (χ3n) is 7.40. The molecule has 2 aliphatic rings. The van der Waals surface area contributed by atoms with Crippen LogP contribution in [0, 0.1) is 12.7 Å². The number of H-pyrrole nitrogens is 1. The number of nitrogens with one attached hydrogen (secondary N) is 1. The number of aromatic amines is 1. The Labute approximate surface area is 213 Å². The molecule has 2 saturated heterocycles. The summed E-state index contributed by atoms with van der Waals surface area (Å²) in [5, 5.41) is 13.6. The third-order valence-corrected chi connectivity index (χ3v) is 7.40. The van der Waals surface area contributed by atoms with Gasteiger partial charge in [0.2, 0.25) is 0 Å². The minimum absolute atomic E-state index is 0.0543. The van der Waals surface area contributed by atoms with Gasteiger partial charge in [-0.25, -0.2) is 9.07 Å². The highest BCUT2D eigenvalue weighted by molar-refractivity contribution is 5.79. The molecule has 37 heavy (non-hydrogen) atoms. The number of benzene rings is 2. The zero-order valence-corrected chi connectivity index (χ0v) is 20.8. The van der Waals surface area contributed by atoms with Crippen LogP contribution in [0.1, 0.15) is 35.8 Å². The molecule has 2 aliphatic heterocycles. The summed E-state index contributed by atoms with van der Waals surface area (Å²) in [7, 11) is 0. The van der Waals surface area contributed by atoms with Gasteiger partial charge in [0.15, 0.2) is 5.82 Å². The molecule has 0 aliphatic carbocycles. The largest absolute Gasteiger partial charge is 0.376 e. The van der Waals surface area contributed by atoms with E-state index in [-0.39, 0.29) is 17.5 Å². The Bertz CT molecular complexity index is 1450. The highest BCUT2D eigenvalue weighted by atomic mass is 19.1. The van der Waals surface area contributed by atoms with E-state index in [0.717, 1.165) is 35.9 Å². The van der Waals surface area contributed by atoms with Crippen LogP contribution in [0.3, 0.4) is 0 Å². The lowest BCUT2D eigenvalue weighted by Crippen LogP contribution is -2.49. The number of piperazine rings is 1. The molecule has 10 heteroatoms. The number of fused-ring (bicyclic) bond motifs is 1. The summed E-state index contributed by atoms with van der Waals surface area (Å²) in [6.07, 6.45) is 2.03. The maximum absolute atomic E-state index is 14.5. The Morgan fingerprint density at radius 3 is 2.76 bits per heavy atom. The summed E-state index contributed by atoms with van der Waals surface area (Å²) >= 11 is 0. The van der Waals surface area contributed by atoms with Crippen LogP contribution >= 0.6 is 0 Å². The van der Waals surface area contributed by atoms with Gasteiger partial charge in [0.05, 0.1) is 18.3 Å². The van der Waals surface area contributed by atoms with E-state index in [1.54, 1.807) is 16.8 Å². The lowest BCUT2D eigenvalue weighted by Gasteiger charge is -2.39. The molecular weight excluding hydrogens is 473 g/mol. The summed E-state index contributed by atoms with van der Waals surface area (Å²) in [5.74, 6) is 0.390. The lowest BCUT2D eigenvalue weighted by atomic mass is 10.0. The first-order chi connectivity index (χ1) is 18.1. The van der Waals surface area contributed by atoms with E-state index in [1.165, 1.54) is 6.07 Å². The molecule has 6 rings (SSSR count). The van der Waals surface area contributed by atoms with E-state index >= 15 is 0 Å². The Morgan fingerprint density at radius 1 is 1.14 bits per heavy atom. The molecule has 9 nitrogen and oxygen atoms in total. The Hall–Kier alpha value is -3.63. The molecule has 0 radical (unpaired) electrons. The number of ether oxygens (including phenoxy) is 1. The SMILES string of the molecule is Cc1ccc2cc(C(c3nnnn3CC3CCCO3)N3CCN(c4ccccc4F)CC3)c(=O)[nH]c2c1. The van der Waals surface area contributed by atoms with Crippen molar-refractivity contribution in [3.05, 3.63) is 81.7 Å². The predicted molar refractivity (Wildman–Crippen MR) is 138 cm³/mol. The summed E-state index contributed by atoms with van der Waals surface area (Å²) in [6, 6.07) is 14.4. The van der Waals surface area contributed by atoms with E-state index in [4.69, 9.17) is 4.74 Å². The smallest absolute Gasteiger partial charge is 0.253 e. The number of hydrogen-bond acceptors (Lipinski definition) is 7. The second-order valence-electron chi connectivity index (χ2n) is 9.88. The second-order valence-corrected chi connectivity index (χ2v) is 9.88. The fraction of sp³-hybridized carbons (Fsp3) is 0.407. The van der Waals surface area contributed by atoms with Gasteiger partial charge in [0.1, 0.15) is 11.9 Å². The third kappa shape index (κ3) is 4.74. The minimum atomic E-state index is -0.450. The fourth-order valence-electron chi connectivity index (χ4n) is 5.48. The molecule has 2 aromatic carbocycles. The van der Waals surface area contributed by atoms with Gasteiger partial charge in [-0.2, -0.15) is 0 Å². The number of tetrazole rings is 1. The van der Waals surface area contributed by atoms with Crippen molar-refractivity contribution in [2.45, 2.75) is 38.5 Å². The van der Waals surface area contributed by atoms with Crippen molar-refractivity contribution < 1.29 is 9.13 Å². The zero-order valence-electron chi connectivity index (χ0n) is 20.8. The second kappa shape index (κ2) is 10.0. The van der Waals surface area contributed by atoms with Gasteiger partial charge < -0.3 is 14.6 Å². The zero-order chi connectivity index (χ0) is 25.4. The maximum atomic E-state index is 14.5. The van der Waals surface area contributed by atoms with E-state index in [9.17, 15) is 9.18 Å². The van der Waals surface area contributed by atoms with Gasteiger partial charge >= 0.3 is 0 Å². The van der Waals surface area contributed by atoms with Crippen LogP contribution in [0.2, 0.25) is 0 Å². The molecule has 2 aromatic heterocycles. The average molecular weight is 504 g/mol. The van der Waals surface area contributed by atoms with Crippen molar-refractivity contribution in [1.82, 2.24) is 30.1 Å². The van der Waals surface area contributed by atoms with Crippen LogP contribution in [0.4, 0.5) is 10.1 Å². The van der Waals surface area contributed by atoms with Gasteiger partial charge in [-0.3, -0.25) is 9.69 Å². The normalized spacial score (nSPS) is 19.5. The van der Waals surface area contributed by atoms with Gasteiger partial charge in [-0.05, 0) is 65.4 Å². The van der Waals surface area contributed by atoms with Crippen LogP contribution in [0.15, 0.2) is 53.3 Å². The molecule has 0 saturated carbocycles. The van der Waals surface area contributed by atoms with Crippen molar-refractivity contribution in [3.8, 4) is 0 Å². The number of nitrogens with zero attached hydrogens (tertiary/aromatic N) is 6. The number of rotatable bonds is 6. The molecule has 2 unspecified atom stereocenters. The molecule has 2 fully saturated rings. The molecule has 0 spiro atoms. The summed E-state index contributed by atoms with van der Waals surface area (Å²) < 4.78 is 22.1. The number of hydrogen-bond donors (Lipinski definition) is 1. The van der Waals surface area contributed by atoms with Crippen LogP contribution in [-0.2, 0) is 11.3 Å². The number of aromatic nitrogens is 5. The molecular formula is C27H30FN7O2. The molecule has 4 aromatic rings. The highest BCUT2D eigenvalue weighted by Crippen LogP contribution is 2.30. The lowest BCUT2D eigenvalue weighted by molar-refractivity contribution is 0.0906. The highest BCUT2D eigenvalue weighted by Gasteiger charge is 2.34. The Balaban J connectivity index is 1.37. The van der Waals surface area contributed by atoms with Crippen molar-refractivity contribution in [2.75, 3.05) is 37.7 Å². The van der Waals surface area contributed by atoms with Crippen LogP contribution in [0.25, 0.3) is 10.9 Å². The molecule has 4 heterocycles. The van der Waals surface area contributed by atoms with Crippen molar-refractivity contribution in [3.63, 3.8) is 0 Å².